The lowest BCUT2D eigenvalue weighted by Gasteiger charge is -2.49. The summed E-state index contributed by atoms with van der Waals surface area (Å²) in [5, 5.41) is 3.37. The molecule has 4 rings (SSSR count). The normalized spacial score (nSPS) is 19.3. The van der Waals surface area contributed by atoms with Crippen molar-refractivity contribution in [3.63, 3.8) is 0 Å². The fourth-order valence-electron chi connectivity index (χ4n) is 4.18. The summed E-state index contributed by atoms with van der Waals surface area (Å²) < 4.78 is 15.8. The third-order valence-corrected chi connectivity index (χ3v) is 5.27. The first-order valence-electron chi connectivity index (χ1n) is 8.43. The number of halogens is 1. The summed E-state index contributed by atoms with van der Waals surface area (Å²) in [5.74, 6) is 0.781. The largest absolute Gasteiger partial charge is 0.328 e. The molecule has 2 aliphatic rings. The van der Waals surface area contributed by atoms with E-state index in [1.54, 1.807) is 13.0 Å². The van der Waals surface area contributed by atoms with Gasteiger partial charge in [0.2, 0.25) is 5.91 Å². The average Bonchev–Trinajstić information content (AvgIpc) is 3.01. The zero-order valence-corrected chi connectivity index (χ0v) is 13.8. The zero-order valence-electron chi connectivity index (χ0n) is 13.8. The van der Waals surface area contributed by atoms with E-state index in [-0.39, 0.29) is 17.3 Å². The molecule has 24 heavy (non-hydrogen) atoms. The molecule has 1 spiro atoms. The number of amides is 1. The van der Waals surface area contributed by atoms with Gasteiger partial charge in [-0.1, -0.05) is 12.1 Å². The topological polar surface area (TPSA) is 50.2 Å². The molecule has 5 nitrogen and oxygen atoms in total. The van der Waals surface area contributed by atoms with Crippen molar-refractivity contribution < 1.29 is 9.18 Å². The maximum Gasteiger partial charge on any atom is 0.220 e. The molecule has 0 atom stereocenters. The Bertz CT molecular complexity index is 779. The van der Waals surface area contributed by atoms with Gasteiger partial charge in [0.25, 0.3) is 0 Å². The van der Waals surface area contributed by atoms with Crippen LogP contribution in [0.25, 0.3) is 11.3 Å². The van der Waals surface area contributed by atoms with Gasteiger partial charge in [-0.25, -0.2) is 9.37 Å². The predicted octanol–water partition coefficient (Wildman–Crippen LogP) is 2.13. The molecule has 6 heteroatoms. The first-order valence-corrected chi connectivity index (χ1v) is 8.43. The van der Waals surface area contributed by atoms with Crippen molar-refractivity contribution in [3.05, 3.63) is 42.1 Å². The average molecular weight is 328 g/mol. The van der Waals surface area contributed by atoms with Gasteiger partial charge in [0.1, 0.15) is 17.2 Å². The zero-order chi connectivity index (χ0) is 16.7. The Hall–Kier alpha value is -2.21. The van der Waals surface area contributed by atoms with Gasteiger partial charge in [0, 0.05) is 25.6 Å². The van der Waals surface area contributed by atoms with Crippen LogP contribution in [0.1, 0.15) is 25.6 Å². The van der Waals surface area contributed by atoms with Crippen molar-refractivity contribution in [1.29, 1.82) is 0 Å². The number of hydrogen-bond donors (Lipinski definition) is 1. The van der Waals surface area contributed by atoms with E-state index in [9.17, 15) is 9.18 Å². The van der Waals surface area contributed by atoms with Crippen molar-refractivity contribution in [2.45, 2.75) is 31.8 Å². The van der Waals surface area contributed by atoms with Crippen LogP contribution in [0.15, 0.2) is 30.5 Å². The van der Waals surface area contributed by atoms with Crippen LogP contribution in [0, 0.1) is 5.82 Å². The summed E-state index contributed by atoms with van der Waals surface area (Å²) in [6.07, 6.45) is 3.52. The van der Waals surface area contributed by atoms with E-state index in [2.05, 4.69) is 9.88 Å². The summed E-state index contributed by atoms with van der Waals surface area (Å²) in [6.45, 7) is 4.73. The fourth-order valence-corrected chi connectivity index (χ4v) is 4.18. The second-order valence-electron chi connectivity index (χ2n) is 6.58. The predicted molar refractivity (Wildman–Crippen MR) is 88.8 cm³/mol. The molecule has 0 aliphatic carbocycles. The molecule has 1 aromatic carbocycles. The van der Waals surface area contributed by atoms with E-state index in [1.807, 2.05) is 17.2 Å². The molecule has 1 amide bonds. The van der Waals surface area contributed by atoms with Gasteiger partial charge in [0.05, 0.1) is 11.9 Å². The van der Waals surface area contributed by atoms with Crippen LogP contribution in [-0.4, -0.2) is 40.0 Å². The number of benzene rings is 1. The lowest BCUT2D eigenvalue weighted by atomic mass is 9.83. The second-order valence-corrected chi connectivity index (χ2v) is 6.58. The van der Waals surface area contributed by atoms with Gasteiger partial charge in [-0.3, -0.25) is 4.79 Å². The molecule has 1 saturated heterocycles. The maximum absolute atomic E-state index is 13.6. The van der Waals surface area contributed by atoms with E-state index in [0.717, 1.165) is 43.0 Å². The highest BCUT2D eigenvalue weighted by atomic mass is 19.1. The molecular formula is C18H21FN4O. The molecule has 1 fully saturated rings. The van der Waals surface area contributed by atoms with Gasteiger partial charge >= 0.3 is 0 Å². The number of rotatable bonds is 1. The minimum Gasteiger partial charge on any atom is -0.328 e. The minimum absolute atomic E-state index is 0.0958. The summed E-state index contributed by atoms with van der Waals surface area (Å²) in [5.41, 5.74) is 1.40. The fraction of sp³-hybridized carbons (Fsp3) is 0.444. The number of aromatic nitrogens is 2. The van der Waals surface area contributed by atoms with Gasteiger partial charge in [-0.2, -0.15) is 0 Å². The quantitative estimate of drug-likeness (QED) is 0.872. The van der Waals surface area contributed by atoms with E-state index < -0.39 is 0 Å². The van der Waals surface area contributed by atoms with Crippen molar-refractivity contribution in [2.24, 2.45) is 0 Å². The van der Waals surface area contributed by atoms with Crippen LogP contribution in [0.4, 0.5) is 4.39 Å². The standard InChI is InChI=1S/C18H21FN4O/c1-13(24)23-10-9-22-16(14-3-2-4-15(19)11-14)12-21-17(22)18(23)5-7-20-8-6-18/h2-4,11-12,20H,5-10H2,1H3. The number of nitrogens with one attached hydrogen (secondary N) is 1. The monoisotopic (exact) mass is 328 g/mol. The third-order valence-electron chi connectivity index (χ3n) is 5.27. The van der Waals surface area contributed by atoms with Crippen molar-refractivity contribution >= 4 is 5.91 Å². The molecule has 0 bridgehead atoms. The van der Waals surface area contributed by atoms with E-state index in [4.69, 9.17) is 4.98 Å². The Morgan fingerprint density at radius 2 is 2.08 bits per heavy atom. The van der Waals surface area contributed by atoms with Crippen LogP contribution < -0.4 is 5.32 Å². The Kier molecular flexibility index (Phi) is 3.64. The number of carbonyl (C=O) groups is 1. The number of piperidine rings is 1. The Balaban J connectivity index is 1.84. The maximum atomic E-state index is 13.6. The van der Waals surface area contributed by atoms with Crippen molar-refractivity contribution in [3.8, 4) is 11.3 Å². The SMILES string of the molecule is CC(=O)N1CCn2c(-c3cccc(F)c3)cnc2C12CCNCC2. The van der Waals surface area contributed by atoms with Crippen LogP contribution in [0.3, 0.4) is 0 Å². The molecular weight excluding hydrogens is 307 g/mol. The van der Waals surface area contributed by atoms with Crippen LogP contribution in [0.5, 0.6) is 0 Å². The molecule has 0 saturated carbocycles. The molecule has 3 heterocycles. The number of nitrogens with zero attached hydrogens (tertiary/aromatic N) is 3. The minimum atomic E-state index is -0.346. The summed E-state index contributed by atoms with van der Waals surface area (Å²) in [7, 11) is 0. The number of hydrogen-bond acceptors (Lipinski definition) is 3. The van der Waals surface area contributed by atoms with E-state index in [0.29, 0.717) is 13.1 Å². The van der Waals surface area contributed by atoms with E-state index >= 15 is 0 Å². The summed E-state index contributed by atoms with van der Waals surface area (Å²) in [4.78, 5) is 18.9. The van der Waals surface area contributed by atoms with Crippen LogP contribution in [-0.2, 0) is 16.9 Å². The summed E-state index contributed by atoms with van der Waals surface area (Å²) in [6, 6.07) is 6.61. The van der Waals surface area contributed by atoms with Gasteiger partial charge in [-0.15, -0.1) is 0 Å². The molecule has 2 aliphatic heterocycles. The number of carbonyl (C=O) groups excluding carboxylic acids is 1. The highest BCUT2D eigenvalue weighted by Gasteiger charge is 2.47. The van der Waals surface area contributed by atoms with E-state index in [1.165, 1.54) is 12.1 Å². The molecule has 1 N–H and O–H groups in total. The first kappa shape index (κ1) is 15.3. The van der Waals surface area contributed by atoms with Gasteiger partial charge in [0.15, 0.2) is 0 Å². The Labute approximate surface area is 140 Å². The molecule has 0 radical (unpaired) electrons. The highest BCUT2D eigenvalue weighted by Crippen LogP contribution is 2.41. The van der Waals surface area contributed by atoms with Crippen molar-refractivity contribution in [1.82, 2.24) is 19.8 Å². The molecule has 2 aromatic rings. The second kappa shape index (κ2) is 5.70. The molecule has 1 aromatic heterocycles. The van der Waals surface area contributed by atoms with Crippen LogP contribution in [0.2, 0.25) is 0 Å². The Morgan fingerprint density at radius 1 is 1.29 bits per heavy atom. The molecule has 126 valence electrons. The molecule has 0 unspecified atom stereocenters. The number of fused-ring (bicyclic) bond motifs is 2. The third kappa shape index (κ3) is 2.24. The van der Waals surface area contributed by atoms with Gasteiger partial charge in [-0.05, 0) is 38.1 Å². The van der Waals surface area contributed by atoms with Gasteiger partial charge < -0.3 is 14.8 Å². The highest BCUT2D eigenvalue weighted by molar-refractivity contribution is 5.75. The smallest absolute Gasteiger partial charge is 0.220 e. The van der Waals surface area contributed by atoms with Crippen molar-refractivity contribution in [2.75, 3.05) is 19.6 Å². The lowest BCUT2D eigenvalue weighted by Crippen LogP contribution is -2.58. The summed E-state index contributed by atoms with van der Waals surface area (Å²) >= 11 is 0. The Morgan fingerprint density at radius 3 is 2.79 bits per heavy atom. The first-order chi connectivity index (χ1) is 11.6. The van der Waals surface area contributed by atoms with Crippen LogP contribution >= 0.6 is 0 Å². The number of imidazole rings is 1. The lowest BCUT2D eigenvalue weighted by molar-refractivity contribution is -0.139.